The normalized spacial score (nSPS) is 14.7. The molecule has 0 spiro atoms. The SMILES string of the molecule is CSc1ncc(C(=O)OCC(=O)N(C)C2CCCCC2)n1-c1ccccc1. The van der Waals surface area contributed by atoms with E-state index in [0.717, 1.165) is 31.4 Å². The summed E-state index contributed by atoms with van der Waals surface area (Å²) in [6.07, 6.45) is 8.97. The van der Waals surface area contributed by atoms with Crippen LogP contribution in [0, 0.1) is 0 Å². The van der Waals surface area contributed by atoms with Gasteiger partial charge in [0.2, 0.25) is 0 Å². The first-order valence-electron chi connectivity index (χ1n) is 9.21. The van der Waals surface area contributed by atoms with Crippen LogP contribution in [0.1, 0.15) is 42.6 Å². The summed E-state index contributed by atoms with van der Waals surface area (Å²) < 4.78 is 7.07. The first-order chi connectivity index (χ1) is 13.1. The van der Waals surface area contributed by atoms with Crippen LogP contribution in [0.5, 0.6) is 0 Å². The van der Waals surface area contributed by atoms with E-state index in [1.807, 2.05) is 36.6 Å². The highest BCUT2D eigenvalue weighted by molar-refractivity contribution is 7.98. The number of thioether (sulfide) groups is 1. The minimum Gasteiger partial charge on any atom is -0.451 e. The highest BCUT2D eigenvalue weighted by atomic mass is 32.2. The minimum atomic E-state index is -0.544. The molecule has 1 aliphatic carbocycles. The van der Waals surface area contributed by atoms with Crippen molar-refractivity contribution < 1.29 is 14.3 Å². The van der Waals surface area contributed by atoms with Gasteiger partial charge >= 0.3 is 5.97 Å². The number of carbonyl (C=O) groups excluding carboxylic acids is 2. The maximum Gasteiger partial charge on any atom is 0.357 e. The average molecular weight is 388 g/mol. The molecule has 1 aliphatic rings. The number of nitrogens with zero attached hydrogens (tertiary/aromatic N) is 3. The molecule has 27 heavy (non-hydrogen) atoms. The topological polar surface area (TPSA) is 64.4 Å². The molecule has 1 saturated carbocycles. The van der Waals surface area contributed by atoms with Crippen molar-refractivity contribution in [2.75, 3.05) is 19.9 Å². The molecule has 0 saturated heterocycles. The van der Waals surface area contributed by atoms with Crippen molar-refractivity contribution in [1.82, 2.24) is 14.5 Å². The molecule has 1 aromatic carbocycles. The van der Waals surface area contributed by atoms with Gasteiger partial charge < -0.3 is 9.64 Å². The molecule has 0 radical (unpaired) electrons. The largest absolute Gasteiger partial charge is 0.451 e. The molecule has 0 atom stereocenters. The summed E-state index contributed by atoms with van der Waals surface area (Å²) >= 11 is 1.45. The zero-order valence-corrected chi connectivity index (χ0v) is 16.6. The molecule has 2 aromatic rings. The summed E-state index contributed by atoms with van der Waals surface area (Å²) in [6, 6.07) is 9.77. The minimum absolute atomic E-state index is 0.161. The number of benzene rings is 1. The van der Waals surface area contributed by atoms with E-state index in [1.165, 1.54) is 24.4 Å². The van der Waals surface area contributed by atoms with Crippen molar-refractivity contribution in [3.63, 3.8) is 0 Å². The van der Waals surface area contributed by atoms with Crippen molar-refractivity contribution >= 4 is 23.6 Å². The van der Waals surface area contributed by atoms with Crippen LogP contribution in [0.2, 0.25) is 0 Å². The third-order valence-electron chi connectivity index (χ3n) is 4.98. The molecule has 1 aromatic heterocycles. The van der Waals surface area contributed by atoms with Gasteiger partial charge in [-0.3, -0.25) is 9.36 Å². The molecular formula is C20H25N3O3S. The summed E-state index contributed by atoms with van der Waals surface area (Å²) in [7, 11) is 1.80. The summed E-state index contributed by atoms with van der Waals surface area (Å²) in [5, 5.41) is 0.693. The molecule has 1 heterocycles. The maximum absolute atomic E-state index is 12.6. The zero-order chi connectivity index (χ0) is 19.2. The van der Waals surface area contributed by atoms with Crippen molar-refractivity contribution in [1.29, 1.82) is 0 Å². The predicted octanol–water partition coefficient (Wildman–Crippen LogP) is 3.54. The molecule has 6 nitrogen and oxygen atoms in total. The summed E-state index contributed by atoms with van der Waals surface area (Å²) in [5.41, 5.74) is 1.15. The van der Waals surface area contributed by atoms with Crippen LogP contribution in [-0.2, 0) is 9.53 Å². The van der Waals surface area contributed by atoms with Crippen LogP contribution in [0.15, 0.2) is 41.7 Å². The first-order valence-corrected chi connectivity index (χ1v) is 10.4. The Morgan fingerprint density at radius 2 is 1.93 bits per heavy atom. The number of amides is 1. The lowest BCUT2D eigenvalue weighted by Crippen LogP contribution is -2.40. The van der Waals surface area contributed by atoms with Gasteiger partial charge in [0.05, 0.1) is 6.20 Å². The molecule has 0 unspecified atom stereocenters. The molecule has 3 rings (SSSR count). The standard InChI is InChI=1S/C20H25N3O3S/c1-22(15-9-5-3-6-10-15)18(24)14-26-19(25)17-13-21-20(27-2)23(17)16-11-7-4-8-12-16/h4,7-8,11-13,15H,3,5-6,9-10,14H2,1-2H3. The van der Waals surface area contributed by atoms with Crippen LogP contribution in [-0.4, -0.2) is 52.3 Å². The summed E-state index contributed by atoms with van der Waals surface area (Å²) in [4.78, 5) is 31.1. The van der Waals surface area contributed by atoms with Crippen molar-refractivity contribution in [3.05, 3.63) is 42.2 Å². The average Bonchev–Trinajstić information content (AvgIpc) is 3.16. The number of aromatic nitrogens is 2. The molecule has 1 amide bonds. The summed E-state index contributed by atoms with van der Waals surface area (Å²) in [5.74, 6) is -0.705. The van der Waals surface area contributed by atoms with Crippen molar-refractivity contribution in [2.24, 2.45) is 0 Å². The van der Waals surface area contributed by atoms with Crippen LogP contribution in [0.4, 0.5) is 0 Å². The molecule has 0 bridgehead atoms. The molecule has 0 N–H and O–H groups in total. The highest BCUT2D eigenvalue weighted by Gasteiger charge is 2.24. The van der Waals surface area contributed by atoms with Gasteiger partial charge in [-0.15, -0.1) is 0 Å². The van der Waals surface area contributed by atoms with E-state index in [9.17, 15) is 9.59 Å². The van der Waals surface area contributed by atoms with E-state index in [-0.39, 0.29) is 18.6 Å². The number of ether oxygens (including phenoxy) is 1. The number of hydrogen-bond acceptors (Lipinski definition) is 5. The second-order valence-corrected chi connectivity index (χ2v) is 7.45. The van der Waals surface area contributed by atoms with Crippen LogP contribution in [0.3, 0.4) is 0 Å². The fourth-order valence-electron chi connectivity index (χ4n) is 3.42. The molecule has 0 aliphatic heterocycles. The Morgan fingerprint density at radius 1 is 1.22 bits per heavy atom. The predicted molar refractivity (Wildman–Crippen MR) is 105 cm³/mol. The lowest BCUT2D eigenvalue weighted by molar-refractivity contribution is -0.135. The van der Waals surface area contributed by atoms with Crippen molar-refractivity contribution in [2.45, 2.75) is 43.3 Å². The fraction of sp³-hybridized carbons (Fsp3) is 0.450. The quantitative estimate of drug-likeness (QED) is 0.560. The number of esters is 1. The van der Waals surface area contributed by atoms with Crippen LogP contribution >= 0.6 is 11.8 Å². The van der Waals surface area contributed by atoms with Gasteiger partial charge in [-0.1, -0.05) is 49.2 Å². The zero-order valence-electron chi connectivity index (χ0n) is 15.8. The Balaban J connectivity index is 1.68. The highest BCUT2D eigenvalue weighted by Crippen LogP contribution is 2.23. The van der Waals surface area contributed by atoms with E-state index in [1.54, 1.807) is 16.5 Å². The Bertz CT molecular complexity index is 785. The number of carbonyl (C=O) groups is 2. The fourth-order valence-corrected chi connectivity index (χ4v) is 3.97. The number of likely N-dealkylation sites (N-methyl/N-ethyl adjacent to an activating group) is 1. The smallest absolute Gasteiger partial charge is 0.357 e. The maximum atomic E-state index is 12.6. The van der Waals surface area contributed by atoms with E-state index in [2.05, 4.69) is 4.98 Å². The Hall–Kier alpha value is -2.28. The van der Waals surface area contributed by atoms with E-state index < -0.39 is 5.97 Å². The van der Waals surface area contributed by atoms with Crippen LogP contribution in [0.25, 0.3) is 5.69 Å². The monoisotopic (exact) mass is 387 g/mol. The van der Waals surface area contributed by atoms with Gasteiger partial charge in [0.25, 0.3) is 5.91 Å². The molecule has 1 fully saturated rings. The lowest BCUT2D eigenvalue weighted by Gasteiger charge is -2.31. The third kappa shape index (κ3) is 4.53. The third-order valence-corrected chi connectivity index (χ3v) is 5.63. The number of imidazole rings is 1. The van der Waals surface area contributed by atoms with Crippen molar-refractivity contribution in [3.8, 4) is 5.69 Å². The van der Waals surface area contributed by atoms with E-state index in [4.69, 9.17) is 4.74 Å². The van der Waals surface area contributed by atoms with Gasteiger partial charge in [-0.2, -0.15) is 0 Å². The van der Waals surface area contributed by atoms with Gasteiger partial charge in [0.1, 0.15) is 0 Å². The Morgan fingerprint density at radius 3 is 2.59 bits per heavy atom. The summed E-state index contributed by atoms with van der Waals surface area (Å²) in [6.45, 7) is -0.250. The van der Waals surface area contributed by atoms with E-state index in [0.29, 0.717) is 10.9 Å². The second kappa shape index (κ2) is 9.08. The molecular weight excluding hydrogens is 362 g/mol. The van der Waals surface area contributed by atoms with Crippen LogP contribution < -0.4 is 0 Å². The number of rotatable bonds is 6. The van der Waals surface area contributed by atoms with Gasteiger partial charge in [0, 0.05) is 18.8 Å². The van der Waals surface area contributed by atoms with Gasteiger partial charge in [0.15, 0.2) is 17.5 Å². The molecule has 7 heteroatoms. The number of para-hydroxylation sites is 1. The lowest BCUT2D eigenvalue weighted by atomic mass is 9.94. The Kier molecular flexibility index (Phi) is 6.55. The molecule has 144 valence electrons. The van der Waals surface area contributed by atoms with E-state index >= 15 is 0 Å². The van der Waals surface area contributed by atoms with Gasteiger partial charge in [-0.05, 0) is 31.2 Å². The Labute approximate surface area is 163 Å². The first kappa shape index (κ1) is 19.5. The number of hydrogen-bond donors (Lipinski definition) is 0. The second-order valence-electron chi connectivity index (χ2n) is 6.67. The van der Waals surface area contributed by atoms with Gasteiger partial charge in [-0.25, -0.2) is 9.78 Å².